The minimum absolute atomic E-state index is 0.0377. The van der Waals surface area contributed by atoms with Gasteiger partial charge in [-0.3, -0.25) is 4.79 Å². The summed E-state index contributed by atoms with van der Waals surface area (Å²) in [4.78, 5) is 24.6. The molecule has 1 saturated heterocycles. The van der Waals surface area contributed by atoms with Crippen molar-refractivity contribution >= 4 is 11.7 Å². The minimum Gasteiger partial charge on any atom is -0.472 e. The number of rotatable bonds is 4. The highest BCUT2D eigenvalue weighted by molar-refractivity contribution is 5.94. The van der Waals surface area contributed by atoms with E-state index in [2.05, 4.69) is 9.97 Å². The Bertz CT molecular complexity index is 715. The molecule has 0 saturated carbocycles. The van der Waals surface area contributed by atoms with E-state index in [4.69, 9.17) is 4.74 Å². The number of carbonyl (C=O) groups is 1. The first-order valence-corrected chi connectivity index (χ1v) is 8.05. The van der Waals surface area contributed by atoms with E-state index in [1.807, 2.05) is 61.2 Å². The first kappa shape index (κ1) is 16.2. The fourth-order valence-electron chi connectivity index (χ4n) is 2.70. The SMILES string of the molecule is Cc1ccc(C(=O)N2CCC(Oc3cc(N(C)C)ncn3)C2)cc1. The zero-order valence-corrected chi connectivity index (χ0v) is 14.3. The molecule has 24 heavy (non-hydrogen) atoms. The lowest BCUT2D eigenvalue weighted by Gasteiger charge is -2.18. The summed E-state index contributed by atoms with van der Waals surface area (Å²) in [6, 6.07) is 9.48. The number of amides is 1. The predicted molar refractivity (Wildman–Crippen MR) is 92.5 cm³/mol. The maximum Gasteiger partial charge on any atom is 0.253 e. The van der Waals surface area contributed by atoms with Crippen molar-refractivity contribution in [2.24, 2.45) is 0 Å². The molecule has 1 fully saturated rings. The number of nitrogens with zero attached hydrogens (tertiary/aromatic N) is 4. The summed E-state index contributed by atoms with van der Waals surface area (Å²) in [5.74, 6) is 1.40. The lowest BCUT2D eigenvalue weighted by Crippen LogP contribution is -2.31. The van der Waals surface area contributed by atoms with Gasteiger partial charge in [0.25, 0.3) is 5.91 Å². The van der Waals surface area contributed by atoms with Crippen molar-refractivity contribution in [3.8, 4) is 5.88 Å². The third-order valence-electron chi connectivity index (χ3n) is 4.10. The van der Waals surface area contributed by atoms with Crippen LogP contribution in [0.4, 0.5) is 5.82 Å². The van der Waals surface area contributed by atoms with Crippen molar-refractivity contribution in [3.05, 3.63) is 47.8 Å². The molecule has 1 atom stereocenters. The molecule has 6 nitrogen and oxygen atoms in total. The van der Waals surface area contributed by atoms with Crippen molar-refractivity contribution in [1.29, 1.82) is 0 Å². The molecule has 0 aliphatic carbocycles. The maximum absolute atomic E-state index is 12.5. The second kappa shape index (κ2) is 6.86. The van der Waals surface area contributed by atoms with Crippen molar-refractivity contribution in [1.82, 2.24) is 14.9 Å². The van der Waals surface area contributed by atoms with E-state index >= 15 is 0 Å². The van der Waals surface area contributed by atoms with E-state index in [9.17, 15) is 4.79 Å². The van der Waals surface area contributed by atoms with Gasteiger partial charge in [-0.1, -0.05) is 17.7 Å². The van der Waals surface area contributed by atoms with Crippen molar-refractivity contribution in [2.75, 3.05) is 32.1 Å². The zero-order chi connectivity index (χ0) is 17.1. The largest absolute Gasteiger partial charge is 0.472 e. The fraction of sp³-hybridized carbons (Fsp3) is 0.389. The van der Waals surface area contributed by atoms with E-state index in [0.717, 1.165) is 23.4 Å². The minimum atomic E-state index is -0.0377. The van der Waals surface area contributed by atoms with Crippen LogP contribution in [0.1, 0.15) is 22.3 Å². The monoisotopic (exact) mass is 326 g/mol. The molecule has 0 bridgehead atoms. The number of likely N-dealkylation sites (tertiary alicyclic amines) is 1. The summed E-state index contributed by atoms with van der Waals surface area (Å²) < 4.78 is 5.93. The Balaban J connectivity index is 1.62. The molecule has 6 heteroatoms. The summed E-state index contributed by atoms with van der Waals surface area (Å²) >= 11 is 0. The number of hydrogen-bond donors (Lipinski definition) is 0. The third-order valence-corrected chi connectivity index (χ3v) is 4.10. The van der Waals surface area contributed by atoms with Crippen LogP contribution in [0.2, 0.25) is 0 Å². The van der Waals surface area contributed by atoms with Gasteiger partial charge >= 0.3 is 0 Å². The molecule has 1 amide bonds. The van der Waals surface area contributed by atoms with Gasteiger partial charge in [0.1, 0.15) is 18.2 Å². The van der Waals surface area contributed by atoms with Crippen LogP contribution in [0.25, 0.3) is 0 Å². The Kier molecular flexibility index (Phi) is 4.64. The summed E-state index contributed by atoms with van der Waals surface area (Å²) in [7, 11) is 3.84. The summed E-state index contributed by atoms with van der Waals surface area (Å²) in [5, 5.41) is 0. The quantitative estimate of drug-likeness (QED) is 0.861. The molecule has 2 heterocycles. The van der Waals surface area contributed by atoms with Crippen LogP contribution >= 0.6 is 0 Å². The Hall–Kier alpha value is -2.63. The van der Waals surface area contributed by atoms with Gasteiger partial charge in [0.05, 0.1) is 6.54 Å². The number of aromatic nitrogens is 2. The van der Waals surface area contributed by atoms with Crippen molar-refractivity contribution in [3.63, 3.8) is 0 Å². The van der Waals surface area contributed by atoms with Crippen LogP contribution in [0.5, 0.6) is 5.88 Å². The molecular weight excluding hydrogens is 304 g/mol. The first-order chi connectivity index (χ1) is 11.5. The van der Waals surface area contributed by atoms with Crippen LogP contribution in [0.3, 0.4) is 0 Å². The number of carbonyl (C=O) groups excluding carboxylic acids is 1. The summed E-state index contributed by atoms with van der Waals surface area (Å²) in [5.41, 5.74) is 1.87. The number of ether oxygens (including phenoxy) is 1. The molecule has 0 N–H and O–H groups in total. The van der Waals surface area contributed by atoms with Gasteiger partial charge in [-0.15, -0.1) is 0 Å². The average Bonchev–Trinajstić information content (AvgIpc) is 3.03. The Morgan fingerprint density at radius 3 is 2.71 bits per heavy atom. The predicted octanol–water partition coefficient (Wildman–Crippen LogP) is 2.14. The second-order valence-electron chi connectivity index (χ2n) is 6.25. The van der Waals surface area contributed by atoms with Gasteiger partial charge in [-0.2, -0.15) is 0 Å². The molecule has 3 rings (SSSR count). The molecule has 1 aliphatic rings. The van der Waals surface area contributed by atoms with Crippen LogP contribution in [0.15, 0.2) is 36.7 Å². The topological polar surface area (TPSA) is 58.6 Å². The summed E-state index contributed by atoms with van der Waals surface area (Å²) in [6.45, 7) is 3.29. The van der Waals surface area contributed by atoms with Crippen LogP contribution in [0, 0.1) is 6.92 Å². The number of aryl methyl sites for hydroxylation is 1. The normalized spacial score (nSPS) is 17.0. The maximum atomic E-state index is 12.5. The molecule has 0 radical (unpaired) electrons. The van der Waals surface area contributed by atoms with E-state index in [0.29, 0.717) is 19.0 Å². The van der Waals surface area contributed by atoms with Gasteiger partial charge in [0.15, 0.2) is 0 Å². The molecular formula is C18H22N4O2. The van der Waals surface area contributed by atoms with Gasteiger partial charge in [0, 0.05) is 38.7 Å². The molecule has 1 aromatic carbocycles. The third kappa shape index (κ3) is 3.64. The van der Waals surface area contributed by atoms with E-state index in [1.54, 1.807) is 0 Å². The Labute approximate surface area is 142 Å². The highest BCUT2D eigenvalue weighted by Gasteiger charge is 2.28. The molecule has 126 valence electrons. The summed E-state index contributed by atoms with van der Waals surface area (Å²) in [6.07, 6.45) is 2.26. The van der Waals surface area contributed by atoms with Gasteiger partial charge in [-0.25, -0.2) is 9.97 Å². The molecule has 1 aliphatic heterocycles. The molecule has 1 unspecified atom stereocenters. The second-order valence-corrected chi connectivity index (χ2v) is 6.25. The number of hydrogen-bond acceptors (Lipinski definition) is 5. The number of benzene rings is 1. The van der Waals surface area contributed by atoms with Crippen LogP contribution < -0.4 is 9.64 Å². The van der Waals surface area contributed by atoms with Crippen molar-refractivity contribution < 1.29 is 9.53 Å². The standard InChI is InChI=1S/C18H22N4O2/c1-13-4-6-14(7-5-13)18(23)22-9-8-15(11-22)24-17-10-16(21(2)3)19-12-20-17/h4-7,10,12,15H,8-9,11H2,1-3H3. The fourth-order valence-corrected chi connectivity index (χ4v) is 2.70. The van der Waals surface area contributed by atoms with E-state index in [1.165, 1.54) is 6.33 Å². The lowest BCUT2D eigenvalue weighted by molar-refractivity contribution is 0.0771. The Morgan fingerprint density at radius 1 is 1.25 bits per heavy atom. The highest BCUT2D eigenvalue weighted by atomic mass is 16.5. The van der Waals surface area contributed by atoms with Gasteiger partial charge in [-0.05, 0) is 19.1 Å². The first-order valence-electron chi connectivity index (χ1n) is 8.05. The van der Waals surface area contributed by atoms with Crippen LogP contribution in [-0.4, -0.2) is 54.1 Å². The average molecular weight is 326 g/mol. The van der Waals surface area contributed by atoms with E-state index < -0.39 is 0 Å². The van der Waals surface area contributed by atoms with Gasteiger partial charge in [0.2, 0.25) is 5.88 Å². The van der Waals surface area contributed by atoms with Gasteiger partial charge < -0.3 is 14.5 Å². The van der Waals surface area contributed by atoms with Crippen molar-refractivity contribution in [2.45, 2.75) is 19.4 Å². The molecule has 2 aromatic rings. The molecule has 1 aromatic heterocycles. The lowest BCUT2D eigenvalue weighted by atomic mass is 10.1. The number of anilines is 1. The van der Waals surface area contributed by atoms with Crippen LogP contribution in [-0.2, 0) is 0 Å². The zero-order valence-electron chi connectivity index (χ0n) is 14.3. The molecule has 0 spiro atoms. The smallest absolute Gasteiger partial charge is 0.253 e. The highest BCUT2D eigenvalue weighted by Crippen LogP contribution is 2.20. The van der Waals surface area contributed by atoms with E-state index in [-0.39, 0.29) is 12.0 Å². The Morgan fingerprint density at radius 2 is 2.00 bits per heavy atom.